The van der Waals surface area contributed by atoms with Crippen LogP contribution in [0.3, 0.4) is 0 Å². The molecule has 3 nitrogen and oxygen atoms in total. The maximum absolute atomic E-state index is 8.65. The summed E-state index contributed by atoms with van der Waals surface area (Å²) in [4.78, 5) is 0. The van der Waals surface area contributed by atoms with Crippen molar-refractivity contribution < 1.29 is 0 Å². The number of aryl methyl sites for hydroxylation is 1. The zero-order valence-electron chi connectivity index (χ0n) is 7.16. The standard InChI is InChI=1S/C9H9N3S/c1-6-2-3-7(5-10)4-8(6)12-9(11)13/h2-4H,1H3,(H3,11,12,13). The average molecular weight is 191 g/mol. The number of anilines is 1. The summed E-state index contributed by atoms with van der Waals surface area (Å²) in [5.41, 5.74) is 7.70. The number of hydrogen-bond donors (Lipinski definition) is 2. The molecule has 66 valence electrons. The van der Waals surface area contributed by atoms with Crippen molar-refractivity contribution in [2.45, 2.75) is 6.92 Å². The molecule has 0 saturated carbocycles. The predicted octanol–water partition coefficient (Wildman–Crippen LogP) is 1.52. The van der Waals surface area contributed by atoms with Crippen LogP contribution >= 0.6 is 12.2 Å². The number of nitriles is 1. The van der Waals surface area contributed by atoms with Gasteiger partial charge in [-0.15, -0.1) is 0 Å². The normalized spacial score (nSPS) is 8.92. The molecule has 3 N–H and O–H groups in total. The molecule has 0 aliphatic heterocycles. The third kappa shape index (κ3) is 2.42. The highest BCUT2D eigenvalue weighted by Crippen LogP contribution is 2.15. The lowest BCUT2D eigenvalue weighted by atomic mass is 10.1. The molecule has 0 unspecified atom stereocenters. The van der Waals surface area contributed by atoms with Crippen LogP contribution in [0.15, 0.2) is 18.2 Å². The van der Waals surface area contributed by atoms with E-state index in [4.69, 9.17) is 23.2 Å². The second-order valence-electron chi connectivity index (χ2n) is 2.63. The molecule has 0 heterocycles. The van der Waals surface area contributed by atoms with E-state index in [2.05, 4.69) is 5.32 Å². The van der Waals surface area contributed by atoms with Crippen molar-refractivity contribution in [2.75, 3.05) is 5.32 Å². The van der Waals surface area contributed by atoms with Gasteiger partial charge in [-0.05, 0) is 36.8 Å². The zero-order valence-corrected chi connectivity index (χ0v) is 7.98. The summed E-state index contributed by atoms with van der Waals surface area (Å²) in [6.07, 6.45) is 0. The maximum Gasteiger partial charge on any atom is 0.168 e. The molecule has 0 aliphatic carbocycles. The van der Waals surface area contributed by atoms with E-state index in [0.29, 0.717) is 5.56 Å². The smallest absolute Gasteiger partial charge is 0.168 e. The second-order valence-corrected chi connectivity index (χ2v) is 3.07. The Labute approximate surface area is 82.2 Å². The Hall–Kier alpha value is -1.60. The van der Waals surface area contributed by atoms with Crippen LogP contribution in [0.1, 0.15) is 11.1 Å². The number of nitrogens with two attached hydrogens (primary N) is 1. The minimum atomic E-state index is 0.207. The SMILES string of the molecule is Cc1ccc(C#N)cc1NC(N)=S. The third-order valence-electron chi connectivity index (χ3n) is 1.62. The van der Waals surface area contributed by atoms with Crippen LogP contribution in [0, 0.1) is 18.3 Å². The van der Waals surface area contributed by atoms with Gasteiger partial charge >= 0.3 is 0 Å². The van der Waals surface area contributed by atoms with E-state index in [9.17, 15) is 0 Å². The van der Waals surface area contributed by atoms with Gasteiger partial charge in [-0.3, -0.25) is 0 Å². The Morgan fingerprint density at radius 3 is 2.85 bits per heavy atom. The van der Waals surface area contributed by atoms with Gasteiger partial charge in [0.25, 0.3) is 0 Å². The quantitative estimate of drug-likeness (QED) is 0.661. The first-order valence-corrected chi connectivity index (χ1v) is 4.11. The largest absolute Gasteiger partial charge is 0.376 e. The van der Waals surface area contributed by atoms with Gasteiger partial charge < -0.3 is 11.1 Å². The molecule has 1 aromatic carbocycles. The first kappa shape index (κ1) is 9.49. The Morgan fingerprint density at radius 2 is 2.31 bits per heavy atom. The summed E-state index contributed by atoms with van der Waals surface area (Å²) < 4.78 is 0. The number of nitrogens with zero attached hydrogens (tertiary/aromatic N) is 1. The Morgan fingerprint density at radius 1 is 1.62 bits per heavy atom. The summed E-state index contributed by atoms with van der Waals surface area (Å²) in [5.74, 6) is 0. The first-order valence-electron chi connectivity index (χ1n) is 3.70. The van der Waals surface area contributed by atoms with Crippen molar-refractivity contribution in [1.82, 2.24) is 0 Å². The zero-order chi connectivity index (χ0) is 9.84. The Bertz CT molecular complexity index is 379. The molecule has 0 radical (unpaired) electrons. The minimum Gasteiger partial charge on any atom is -0.376 e. The van der Waals surface area contributed by atoms with Gasteiger partial charge in [0.1, 0.15) is 0 Å². The van der Waals surface area contributed by atoms with Crippen LogP contribution in [-0.2, 0) is 0 Å². The fourth-order valence-electron chi connectivity index (χ4n) is 0.959. The number of thiocarbonyl (C=S) groups is 1. The molecule has 0 saturated heterocycles. The lowest BCUT2D eigenvalue weighted by Gasteiger charge is -2.06. The third-order valence-corrected chi connectivity index (χ3v) is 1.73. The molecule has 0 amide bonds. The molecule has 1 aromatic rings. The Balaban J connectivity index is 3.05. The highest BCUT2D eigenvalue weighted by Gasteiger charge is 1.99. The lowest BCUT2D eigenvalue weighted by molar-refractivity contribution is 1.42. The number of benzene rings is 1. The van der Waals surface area contributed by atoms with E-state index in [1.54, 1.807) is 12.1 Å². The summed E-state index contributed by atoms with van der Waals surface area (Å²) in [5, 5.41) is 11.7. The van der Waals surface area contributed by atoms with Crippen LogP contribution in [0.25, 0.3) is 0 Å². The molecule has 0 atom stereocenters. The summed E-state index contributed by atoms with van der Waals surface area (Å²) in [7, 11) is 0. The van der Waals surface area contributed by atoms with Crippen molar-refractivity contribution in [3.05, 3.63) is 29.3 Å². The molecule has 0 spiro atoms. The molecule has 4 heteroatoms. The average Bonchev–Trinajstić information content (AvgIpc) is 2.08. The highest BCUT2D eigenvalue weighted by molar-refractivity contribution is 7.80. The van der Waals surface area contributed by atoms with Crippen LogP contribution in [-0.4, -0.2) is 5.11 Å². The number of rotatable bonds is 1. The molecule has 13 heavy (non-hydrogen) atoms. The number of nitrogens with one attached hydrogen (secondary N) is 1. The molecule has 0 fully saturated rings. The van der Waals surface area contributed by atoms with Crippen molar-refractivity contribution in [3.63, 3.8) is 0 Å². The minimum absolute atomic E-state index is 0.207. The van der Waals surface area contributed by atoms with E-state index >= 15 is 0 Å². The van der Waals surface area contributed by atoms with Gasteiger partial charge in [0, 0.05) is 5.69 Å². The molecule has 0 bridgehead atoms. The molecule has 1 rings (SSSR count). The summed E-state index contributed by atoms with van der Waals surface area (Å²) in [6.45, 7) is 1.92. The van der Waals surface area contributed by atoms with E-state index in [1.807, 2.05) is 19.1 Å². The molecule has 0 aromatic heterocycles. The van der Waals surface area contributed by atoms with Crippen molar-refractivity contribution in [3.8, 4) is 6.07 Å². The van der Waals surface area contributed by atoms with Crippen molar-refractivity contribution in [2.24, 2.45) is 5.73 Å². The summed E-state index contributed by atoms with van der Waals surface area (Å²) in [6, 6.07) is 7.36. The van der Waals surface area contributed by atoms with E-state index in [1.165, 1.54) is 0 Å². The van der Waals surface area contributed by atoms with Crippen molar-refractivity contribution in [1.29, 1.82) is 5.26 Å². The topological polar surface area (TPSA) is 61.8 Å². The Kier molecular flexibility index (Phi) is 2.83. The second kappa shape index (κ2) is 3.87. The van der Waals surface area contributed by atoms with Gasteiger partial charge in [-0.1, -0.05) is 6.07 Å². The predicted molar refractivity (Wildman–Crippen MR) is 56.3 cm³/mol. The lowest BCUT2D eigenvalue weighted by Crippen LogP contribution is -2.19. The molecule has 0 aliphatic rings. The van der Waals surface area contributed by atoms with Gasteiger partial charge in [-0.2, -0.15) is 5.26 Å². The van der Waals surface area contributed by atoms with E-state index in [0.717, 1.165) is 11.3 Å². The first-order chi connectivity index (χ1) is 6.13. The van der Waals surface area contributed by atoms with Gasteiger partial charge in [0.2, 0.25) is 0 Å². The van der Waals surface area contributed by atoms with Crippen LogP contribution in [0.2, 0.25) is 0 Å². The van der Waals surface area contributed by atoms with E-state index in [-0.39, 0.29) is 5.11 Å². The van der Waals surface area contributed by atoms with Crippen LogP contribution in [0.4, 0.5) is 5.69 Å². The fraction of sp³-hybridized carbons (Fsp3) is 0.111. The van der Waals surface area contributed by atoms with Gasteiger partial charge in [0.05, 0.1) is 11.6 Å². The summed E-state index contributed by atoms with van der Waals surface area (Å²) >= 11 is 4.70. The van der Waals surface area contributed by atoms with Crippen LogP contribution in [0.5, 0.6) is 0 Å². The highest BCUT2D eigenvalue weighted by atomic mass is 32.1. The molecular weight excluding hydrogens is 182 g/mol. The van der Waals surface area contributed by atoms with Crippen molar-refractivity contribution >= 4 is 23.0 Å². The number of hydrogen-bond acceptors (Lipinski definition) is 2. The van der Waals surface area contributed by atoms with Gasteiger partial charge in [0.15, 0.2) is 5.11 Å². The molecular formula is C9H9N3S. The van der Waals surface area contributed by atoms with Gasteiger partial charge in [-0.25, -0.2) is 0 Å². The van der Waals surface area contributed by atoms with Crippen LogP contribution < -0.4 is 11.1 Å². The maximum atomic E-state index is 8.65. The fourth-order valence-corrected chi connectivity index (χ4v) is 1.07. The van der Waals surface area contributed by atoms with E-state index < -0.39 is 0 Å². The monoisotopic (exact) mass is 191 g/mol.